The number of hydrogen-bond donors (Lipinski definition) is 3. The highest BCUT2D eigenvalue weighted by Gasteiger charge is 2.23. The minimum atomic E-state index is -1.03. The van der Waals surface area contributed by atoms with Crippen LogP contribution in [0.25, 0.3) is 16.2 Å². The number of allylic oxidation sites excluding steroid dienone is 1. The van der Waals surface area contributed by atoms with Crippen LogP contribution < -0.4 is 10.1 Å². The van der Waals surface area contributed by atoms with Gasteiger partial charge >= 0.3 is 5.97 Å². The molecule has 0 unspecified atom stereocenters. The number of likely N-dealkylation sites (N-methyl/N-ethyl adjacent to an activating group) is 1. The average Bonchev–Trinajstić information content (AvgIpc) is 3.08. The summed E-state index contributed by atoms with van der Waals surface area (Å²) in [7, 11) is 1.61. The SMILES string of the molecule is C=N/C=C(\NC)C(=O)c1sc2cc(O)ccc2c1Oc1ccc(/C=C/C(=O)O)cc1. The van der Waals surface area contributed by atoms with Crippen molar-refractivity contribution in [1.29, 1.82) is 0 Å². The van der Waals surface area contributed by atoms with Crippen LogP contribution in [-0.2, 0) is 4.79 Å². The summed E-state index contributed by atoms with van der Waals surface area (Å²) in [6.07, 6.45) is 3.85. The molecule has 152 valence electrons. The Bertz CT molecular complexity index is 1180. The number of carboxylic acid groups (broad SMARTS) is 1. The fourth-order valence-electron chi connectivity index (χ4n) is 2.70. The number of ether oxygens (including phenoxy) is 1. The van der Waals surface area contributed by atoms with Gasteiger partial charge in [-0.3, -0.25) is 9.79 Å². The van der Waals surface area contributed by atoms with Gasteiger partial charge in [-0.2, -0.15) is 0 Å². The Labute approximate surface area is 176 Å². The molecule has 3 aromatic rings. The molecule has 3 rings (SSSR count). The first kappa shape index (κ1) is 20.8. The molecule has 0 aliphatic heterocycles. The van der Waals surface area contributed by atoms with E-state index in [-0.39, 0.29) is 17.2 Å². The number of ketones is 1. The third-order valence-electron chi connectivity index (χ3n) is 4.09. The van der Waals surface area contributed by atoms with Gasteiger partial charge in [-0.1, -0.05) is 12.1 Å². The van der Waals surface area contributed by atoms with E-state index in [2.05, 4.69) is 17.0 Å². The van der Waals surface area contributed by atoms with Gasteiger partial charge in [0, 0.05) is 23.2 Å². The molecule has 1 aromatic heterocycles. The lowest BCUT2D eigenvalue weighted by Crippen LogP contribution is -2.15. The van der Waals surface area contributed by atoms with Crippen molar-refractivity contribution in [1.82, 2.24) is 5.32 Å². The predicted octanol–water partition coefficient (Wildman–Crippen LogP) is 4.44. The minimum absolute atomic E-state index is 0.0843. The van der Waals surface area contributed by atoms with Crippen molar-refractivity contribution >= 4 is 46.0 Å². The molecule has 0 saturated carbocycles. The lowest BCUT2D eigenvalue weighted by atomic mass is 10.1. The van der Waals surface area contributed by atoms with Crippen molar-refractivity contribution in [3.63, 3.8) is 0 Å². The highest BCUT2D eigenvalue weighted by molar-refractivity contribution is 7.21. The molecular formula is C22H18N2O5S. The molecule has 0 spiro atoms. The number of benzene rings is 2. The first-order chi connectivity index (χ1) is 14.4. The number of carbonyl (C=O) groups is 2. The van der Waals surface area contributed by atoms with Crippen LogP contribution in [0, 0.1) is 0 Å². The second-order valence-corrected chi connectivity index (χ2v) is 7.14. The monoisotopic (exact) mass is 422 g/mol. The number of carboxylic acids is 1. The summed E-state index contributed by atoms with van der Waals surface area (Å²) in [5.74, 6) is -0.434. The standard InChI is InChI=1S/C22H18N2O5S/c1-23-12-17(24-2)20(28)22-21(16-9-6-14(25)11-18(16)30-22)29-15-7-3-13(4-8-15)5-10-19(26)27/h3-12,24-25H,1H2,2H3,(H,26,27)/b10-5+,17-12-. The molecule has 0 saturated heterocycles. The highest BCUT2D eigenvalue weighted by Crippen LogP contribution is 2.42. The third-order valence-corrected chi connectivity index (χ3v) is 5.22. The van der Waals surface area contributed by atoms with Gasteiger partial charge in [0.05, 0.1) is 6.20 Å². The number of nitrogens with one attached hydrogen (secondary N) is 1. The number of aliphatic imine (C=N–C) groups is 1. The summed E-state index contributed by atoms with van der Waals surface area (Å²) < 4.78 is 6.73. The Morgan fingerprint density at radius 1 is 1.20 bits per heavy atom. The van der Waals surface area contributed by atoms with E-state index in [0.717, 1.165) is 6.08 Å². The summed E-state index contributed by atoms with van der Waals surface area (Å²) in [5, 5.41) is 22.0. The van der Waals surface area contributed by atoms with E-state index < -0.39 is 5.97 Å². The van der Waals surface area contributed by atoms with Crippen LogP contribution in [0.15, 0.2) is 65.4 Å². The highest BCUT2D eigenvalue weighted by atomic mass is 32.1. The Hall–Kier alpha value is -3.91. The molecule has 0 aliphatic carbocycles. The van der Waals surface area contributed by atoms with Crippen LogP contribution in [0.2, 0.25) is 0 Å². The van der Waals surface area contributed by atoms with Crippen LogP contribution in [0.5, 0.6) is 17.2 Å². The minimum Gasteiger partial charge on any atom is -0.508 e. The van der Waals surface area contributed by atoms with Gasteiger partial charge in [0.1, 0.15) is 22.1 Å². The van der Waals surface area contributed by atoms with Crippen molar-refractivity contribution in [3.8, 4) is 17.2 Å². The zero-order chi connectivity index (χ0) is 21.7. The van der Waals surface area contributed by atoms with E-state index >= 15 is 0 Å². The molecule has 0 atom stereocenters. The van der Waals surface area contributed by atoms with Gasteiger partial charge in [-0.25, -0.2) is 4.79 Å². The fraction of sp³-hybridized carbons (Fsp3) is 0.0455. The van der Waals surface area contributed by atoms with E-state index in [1.165, 1.54) is 29.7 Å². The summed E-state index contributed by atoms with van der Waals surface area (Å²) in [6, 6.07) is 11.5. The molecule has 7 nitrogen and oxygen atoms in total. The zero-order valence-electron chi connectivity index (χ0n) is 16.0. The molecule has 0 fully saturated rings. The number of aliphatic carboxylic acids is 1. The van der Waals surface area contributed by atoms with Gasteiger partial charge in [-0.15, -0.1) is 11.3 Å². The third kappa shape index (κ3) is 4.56. The van der Waals surface area contributed by atoms with Crippen LogP contribution in [-0.4, -0.2) is 35.7 Å². The number of thiophene rings is 1. The number of aromatic hydroxyl groups is 1. The fourth-order valence-corrected chi connectivity index (χ4v) is 3.81. The van der Waals surface area contributed by atoms with Crippen molar-refractivity contribution in [2.24, 2.45) is 4.99 Å². The smallest absolute Gasteiger partial charge is 0.328 e. The number of Topliss-reactive ketones (excluding diaryl/α,β-unsaturated/α-hetero) is 1. The second kappa shape index (κ2) is 9.06. The second-order valence-electron chi connectivity index (χ2n) is 6.09. The van der Waals surface area contributed by atoms with Crippen LogP contribution in [0.1, 0.15) is 15.2 Å². The molecule has 3 N–H and O–H groups in total. The quantitative estimate of drug-likeness (QED) is 0.281. The van der Waals surface area contributed by atoms with Crippen LogP contribution >= 0.6 is 11.3 Å². The van der Waals surface area contributed by atoms with Crippen molar-refractivity contribution in [3.05, 3.63) is 70.9 Å². The van der Waals surface area contributed by atoms with Crippen molar-refractivity contribution < 1.29 is 24.5 Å². The van der Waals surface area contributed by atoms with E-state index in [4.69, 9.17) is 9.84 Å². The number of hydrogen-bond acceptors (Lipinski definition) is 7. The summed E-state index contributed by atoms with van der Waals surface area (Å²) in [6.45, 7) is 3.38. The summed E-state index contributed by atoms with van der Waals surface area (Å²) >= 11 is 1.20. The number of fused-ring (bicyclic) bond motifs is 1. The molecule has 0 amide bonds. The molecule has 0 aliphatic rings. The topological polar surface area (TPSA) is 108 Å². The molecular weight excluding hydrogens is 404 g/mol. The van der Waals surface area contributed by atoms with Crippen molar-refractivity contribution in [2.45, 2.75) is 0 Å². The predicted molar refractivity (Wildman–Crippen MR) is 118 cm³/mol. The molecule has 0 bridgehead atoms. The largest absolute Gasteiger partial charge is 0.508 e. The van der Waals surface area contributed by atoms with Crippen molar-refractivity contribution in [2.75, 3.05) is 7.05 Å². The van der Waals surface area contributed by atoms with Gasteiger partial charge < -0.3 is 20.3 Å². The maximum absolute atomic E-state index is 13.0. The summed E-state index contributed by atoms with van der Waals surface area (Å²) in [5.41, 5.74) is 0.943. The average molecular weight is 422 g/mol. The Morgan fingerprint density at radius 3 is 2.57 bits per heavy atom. The zero-order valence-corrected chi connectivity index (χ0v) is 16.8. The van der Waals surface area contributed by atoms with Crippen LogP contribution in [0.3, 0.4) is 0 Å². The Morgan fingerprint density at radius 2 is 1.93 bits per heavy atom. The lowest BCUT2D eigenvalue weighted by Gasteiger charge is -2.09. The van der Waals surface area contributed by atoms with E-state index in [1.54, 1.807) is 43.4 Å². The van der Waals surface area contributed by atoms with E-state index in [1.807, 2.05) is 0 Å². The number of rotatable bonds is 8. The summed E-state index contributed by atoms with van der Waals surface area (Å²) in [4.78, 5) is 27.7. The number of carbonyl (C=O) groups excluding carboxylic acids is 1. The van der Waals surface area contributed by atoms with Gasteiger partial charge in [0.25, 0.3) is 0 Å². The van der Waals surface area contributed by atoms with E-state index in [0.29, 0.717) is 32.0 Å². The normalized spacial score (nSPS) is 11.6. The van der Waals surface area contributed by atoms with Gasteiger partial charge in [-0.05, 0) is 48.7 Å². The molecule has 2 aromatic carbocycles. The maximum atomic E-state index is 13.0. The number of phenols is 1. The lowest BCUT2D eigenvalue weighted by molar-refractivity contribution is -0.131. The Balaban J connectivity index is 2.03. The van der Waals surface area contributed by atoms with Gasteiger partial charge in [0.2, 0.25) is 5.78 Å². The number of phenolic OH excluding ortho intramolecular Hbond substituents is 1. The molecule has 1 heterocycles. The van der Waals surface area contributed by atoms with Crippen LogP contribution in [0.4, 0.5) is 0 Å². The number of nitrogens with zero attached hydrogens (tertiary/aromatic N) is 1. The van der Waals surface area contributed by atoms with E-state index in [9.17, 15) is 14.7 Å². The van der Waals surface area contributed by atoms with Gasteiger partial charge in [0.15, 0.2) is 5.75 Å². The maximum Gasteiger partial charge on any atom is 0.328 e. The first-order valence-electron chi connectivity index (χ1n) is 8.76. The molecule has 30 heavy (non-hydrogen) atoms. The first-order valence-corrected chi connectivity index (χ1v) is 9.57. The molecule has 8 heteroatoms. The molecule has 0 radical (unpaired) electrons. The Kier molecular flexibility index (Phi) is 6.29.